The molecule has 4 N–H and O–H groups in total. The van der Waals surface area contributed by atoms with Crippen molar-refractivity contribution in [1.29, 1.82) is 0 Å². The molecule has 0 heterocycles. The fraction of sp³-hybridized carbons (Fsp3) is 0.667. The van der Waals surface area contributed by atoms with Crippen molar-refractivity contribution in [3.63, 3.8) is 0 Å². The van der Waals surface area contributed by atoms with E-state index >= 15 is 0 Å². The molecule has 0 saturated heterocycles. The summed E-state index contributed by atoms with van der Waals surface area (Å²) in [6.07, 6.45) is -2.78. The summed E-state index contributed by atoms with van der Waals surface area (Å²) in [5, 5.41) is 34.7. The van der Waals surface area contributed by atoms with Gasteiger partial charge < -0.3 is 20.4 Å². The molecular weight excluding hydrogens is 136 g/mol. The van der Waals surface area contributed by atoms with Gasteiger partial charge in [-0.25, -0.2) is 0 Å². The monoisotopic (exact) mass is 148 g/mol. The molecule has 0 aromatic heterocycles. The predicted molar refractivity (Wildman–Crippen MR) is 35.3 cm³/mol. The lowest BCUT2D eigenvalue weighted by molar-refractivity contribution is -0.0609. The Kier molecular flexibility index (Phi) is 4.22. The van der Waals surface area contributed by atoms with Crippen LogP contribution >= 0.6 is 0 Å². The van der Waals surface area contributed by atoms with Crippen LogP contribution < -0.4 is 0 Å². The van der Waals surface area contributed by atoms with Crippen molar-refractivity contribution < 1.29 is 20.4 Å². The summed E-state index contributed by atoms with van der Waals surface area (Å²) in [6, 6.07) is 0. The first-order chi connectivity index (χ1) is 4.63. The van der Waals surface area contributed by atoms with E-state index in [9.17, 15) is 0 Å². The molecule has 0 rings (SSSR count). The first-order valence-corrected chi connectivity index (χ1v) is 2.91. The summed E-state index contributed by atoms with van der Waals surface area (Å²) in [5.74, 6) is 0. The van der Waals surface area contributed by atoms with Gasteiger partial charge in [-0.05, 0) is 0 Å². The van der Waals surface area contributed by atoms with Gasteiger partial charge in [-0.15, -0.1) is 6.58 Å². The van der Waals surface area contributed by atoms with Gasteiger partial charge >= 0.3 is 0 Å². The second-order valence-corrected chi connectivity index (χ2v) is 1.97. The first-order valence-electron chi connectivity index (χ1n) is 2.91. The van der Waals surface area contributed by atoms with Crippen LogP contribution in [0.3, 0.4) is 0 Å². The second-order valence-electron chi connectivity index (χ2n) is 1.97. The molecule has 0 aliphatic carbocycles. The molecule has 0 fully saturated rings. The van der Waals surface area contributed by atoms with Crippen LogP contribution in [0.4, 0.5) is 0 Å². The minimum atomic E-state index is -1.36. The zero-order chi connectivity index (χ0) is 8.15. The second kappa shape index (κ2) is 4.40. The van der Waals surface area contributed by atoms with Crippen molar-refractivity contribution in [2.75, 3.05) is 6.61 Å². The van der Waals surface area contributed by atoms with Crippen LogP contribution in [0.15, 0.2) is 12.7 Å². The molecule has 0 aromatic carbocycles. The Balaban J connectivity index is 3.80. The summed E-state index contributed by atoms with van der Waals surface area (Å²) in [7, 11) is 0. The highest BCUT2D eigenvalue weighted by atomic mass is 16.4. The molecule has 10 heavy (non-hydrogen) atoms. The highest BCUT2D eigenvalue weighted by molar-refractivity contribution is 4.87. The highest BCUT2D eigenvalue weighted by Gasteiger charge is 2.20. The third-order valence-electron chi connectivity index (χ3n) is 1.17. The Labute approximate surface area is 59.1 Å². The lowest BCUT2D eigenvalue weighted by atomic mass is 10.1. The van der Waals surface area contributed by atoms with Crippen LogP contribution in [-0.4, -0.2) is 45.3 Å². The maximum absolute atomic E-state index is 8.85. The molecule has 0 bridgehead atoms. The number of hydrogen-bond donors (Lipinski definition) is 4. The third-order valence-corrected chi connectivity index (χ3v) is 1.17. The lowest BCUT2D eigenvalue weighted by Crippen LogP contribution is -2.38. The smallest absolute Gasteiger partial charge is 0.112 e. The van der Waals surface area contributed by atoms with Crippen LogP contribution in [0.25, 0.3) is 0 Å². The molecule has 0 unspecified atom stereocenters. The minimum absolute atomic E-state index is 0.577. The van der Waals surface area contributed by atoms with Crippen molar-refractivity contribution in [2.45, 2.75) is 18.3 Å². The van der Waals surface area contributed by atoms with Crippen LogP contribution in [0.1, 0.15) is 0 Å². The van der Waals surface area contributed by atoms with Gasteiger partial charge in [-0.3, -0.25) is 0 Å². The Morgan fingerprint density at radius 1 is 1.30 bits per heavy atom. The lowest BCUT2D eigenvalue weighted by Gasteiger charge is -2.18. The van der Waals surface area contributed by atoms with E-state index in [1.165, 1.54) is 0 Å². The standard InChI is InChI=1S/C6H12O4/c1-2-4(8)6(10)5(9)3-7/h2,4-10H,1,3H2/t4-,5-,6-/m0/s1. The first kappa shape index (κ1) is 9.58. The SMILES string of the molecule is C=C[C@H](O)[C@H](O)[C@@H](O)CO. The van der Waals surface area contributed by atoms with E-state index in [1.807, 2.05) is 0 Å². The molecule has 0 amide bonds. The average Bonchev–Trinajstić information content (AvgIpc) is 2.00. The normalized spacial score (nSPS) is 19.6. The van der Waals surface area contributed by atoms with E-state index in [0.717, 1.165) is 6.08 Å². The quantitative estimate of drug-likeness (QED) is 0.356. The van der Waals surface area contributed by atoms with Crippen molar-refractivity contribution in [3.05, 3.63) is 12.7 Å². The maximum Gasteiger partial charge on any atom is 0.112 e. The topological polar surface area (TPSA) is 80.9 Å². The van der Waals surface area contributed by atoms with E-state index in [4.69, 9.17) is 20.4 Å². The Bertz CT molecular complexity index is 104. The molecule has 0 saturated carbocycles. The molecule has 60 valence electrons. The molecule has 0 radical (unpaired) electrons. The van der Waals surface area contributed by atoms with Crippen molar-refractivity contribution in [1.82, 2.24) is 0 Å². The van der Waals surface area contributed by atoms with Crippen LogP contribution in [0, 0.1) is 0 Å². The van der Waals surface area contributed by atoms with E-state index < -0.39 is 24.9 Å². The van der Waals surface area contributed by atoms with Crippen LogP contribution in [0.5, 0.6) is 0 Å². The fourth-order valence-corrected chi connectivity index (χ4v) is 0.475. The predicted octanol–water partition coefficient (Wildman–Crippen LogP) is -1.75. The Morgan fingerprint density at radius 2 is 1.80 bits per heavy atom. The van der Waals surface area contributed by atoms with Crippen molar-refractivity contribution >= 4 is 0 Å². The zero-order valence-corrected chi connectivity index (χ0v) is 5.51. The summed E-state index contributed by atoms with van der Waals surface area (Å²) in [5.41, 5.74) is 0. The van der Waals surface area contributed by atoms with Gasteiger partial charge in [0.05, 0.1) is 6.61 Å². The van der Waals surface area contributed by atoms with Crippen LogP contribution in [0.2, 0.25) is 0 Å². The van der Waals surface area contributed by atoms with Gasteiger partial charge in [0.15, 0.2) is 0 Å². The Hall–Kier alpha value is -0.420. The molecule has 4 nitrogen and oxygen atoms in total. The van der Waals surface area contributed by atoms with Crippen LogP contribution in [-0.2, 0) is 0 Å². The molecule has 3 atom stereocenters. The third kappa shape index (κ3) is 2.45. The van der Waals surface area contributed by atoms with Crippen molar-refractivity contribution in [3.8, 4) is 0 Å². The maximum atomic E-state index is 8.85. The van der Waals surface area contributed by atoms with Crippen molar-refractivity contribution in [2.24, 2.45) is 0 Å². The average molecular weight is 148 g/mol. The van der Waals surface area contributed by atoms with E-state index in [0.29, 0.717) is 0 Å². The van der Waals surface area contributed by atoms with E-state index in [2.05, 4.69) is 6.58 Å². The fourth-order valence-electron chi connectivity index (χ4n) is 0.475. The van der Waals surface area contributed by atoms with Gasteiger partial charge in [0.2, 0.25) is 0 Å². The van der Waals surface area contributed by atoms with E-state index in [1.54, 1.807) is 0 Å². The summed E-state index contributed by atoms with van der Waals surface area (Å²) >= 11 is 0. The number of rotatable bonds is 4. The summed E-state index contributed by atoms with van der Waals surface area (Å²) < 4.78 is 0. The van der Waals surface area contributed by atoms with Gasteiger partial charge in [0, 0.05) is 0 Å². The minimum Gasteiger partial charge on any atom is -0.394 e. The molecule has 0 aromatic rings. The highest BCUT2D eigenvalue weighted by Crippen LogP contribution is 1.99. The van der Waals surface area contributed by atoms with Gasteiger partial charge in [-0.2, -0.15) is 0 Å². The molecule has 0 aliphatic heterocycles. The summed E-state index contributed by atoms with van der Waals surface area (Å²) in [6.45, 7) is 2.62. The number of aliphatic hydroxyl groups excluding tert-OH is 4. The number of aliphatic hydroxyl groups is 4. The molecule has 0 spiro atoms. The van der Waals surface area contributed by atoms with Gasteiger partial charge in [0.25, 0.3) is 0 Å². The molecule has 0 aliphatic rings. The van der Waals surface area contributed by atoms with Gasteiger partial charge in [-0.1, -0.05) is 6.08 Å². The zero-order valence-electron chi connectivity index (χ0n) is 5.51. The molecule has 4 heteroatoms. The Morgan fingerprint density at radius 3 is 2.10 bits per heavy atom. The number of hydrogen-bond acceptors (Lipinski definition) is 4. The largest absolute Gasteiger partial charge is 0.394 e. The molecular formula is C6H12O4. The van der Waals surface area contributed by atoms with Gasteiger partial charge in [0.1, 0.15) is 18.3 Å². The van der Waals surface area contributed by atoms with E-state index in [-0.39, 0.29) is 0 Å². The summed E-state index contributed by atoms with van der Waals surface area (Å²) in [4.78, 5) is 0.